The van der Waals surface area contributed by atoms with Crippen molar-refractivity contribution >= 4 is 0 Å². The molecule has 0 N–H and O–H groups in total. The van der Waals surface area contributed by atoms with Crippen LogP contribution in [0.15, 0.2) is 48.7 Å². The molecule has 1 aliphatic carbocycles. The maximum atomic E-state index is 15.1. The van der Waals surface area contributed by atoms with Crippen molar-refractivity contribution in [1.82, 2.24) is 9.80 Å². The van der Waals surface area contributed by atoms with E-state index >= 15 is 4.39 Å². The molecule has 0 amide bonds. The van der Waals surface area contributed by atoms with E-state index in [1.807, 2.05) is 6.07 Å². The summed E-state index contributed by atoms with van der Waals surface area (Å²) in [6, 6.07) is 13.0. The van der Waals surface area contributed by atoms with Gasteiger partial charge in [-0.05, 0) is 84.9 Å². The highest BCUT2D eigenvalue weighted by Gasteiger charge is 2.28. The number of halogens is 1. The molecule has 1 saturated heterocycles. The van der Waals surface area contributed by atoms with E-state index in [1.54, 1.807) is 0 Å². The molecule has 2 aromatic rings. The van der Waals surface area contributed by atoms with Crippen molar-refractivity contribution in [1.29, 1.82) is 0 Å². The molecule has 3 heteroatoms. The summed E-state index contributed by atoms with van der Waals surface area (Å²) in [4.78, 5) is 5.06. The van der Waals surface area contributed by atoms with E-state index in [0.29, 0.717) is 11.8 Å². The Morgan fingerprint density at radius 3 is 2.66 bits per heavy atom. The highest BCUT2D eigenvalue weighted by atomic mass is 19.1. The second kappa shape index (κ2) is 12.2. The van der Waals surface area contributed by atoms with Crippen molar-refractivity contribution in [2.45, 2.75) is 85.2 Å². The second-order valence-electron chi connectivity index (χ2n) is 11.0. The second-order valence-corrected chi connectivity index (χ2v) is 11.0. The number of benzene rings is 2. The summed E-state index contributed by atoms with van der Waals surface area (Å²) in [5.41, 5.74) is 7.48. The van der Waals surface area contributed by atoms with Crippen LogP contribution in [0, 0.1) is 17.7 Å². The maximum absolute atomic E-state index is 15.1. The molecule has 2 atom stereocenters. The number of hydrogen-bond acceptors (Lipinski definition) is 2. The largest absolute Gasteiger partial charge is 0.370 e. The molecular weight excluding hydrogens is 431 g/mol. The van der Waals surface area contributed by atoms with Crippen LogP contribution < -0.4 is 0 Å². The molecule has 2 aliphatic rings. The van der Waals surface area contributed by atoms with Gasteiger partial charge in [-0.15, -0.1) is 0 Å². The summed E-state index contributed by atoms with van der Waals surface area (Å²) in [6.07, 6.45) is 8.80. The first kappa shape index (κ1) is 25.9. The van der Waals surface area contributed by atoms with Crippen LogP contribution in [0.25, 0.3) is 0 Å². The average molecular weight is 477 g/mol. The van der Waals surface area contributed by atoms with Gasteiger partial charge < -0.3 is 4.90 Å². The molecule has 0 saturated carbocycles. The minimum absolute atomic E-state index is 0.00938. The van der Waals surface area contributed by atoms with Crippen molar-refractivity contribution in [3.8, 4) is 0 Å². The lowest BCUT2D eigenvalue weighted by Crippen LogP contribution is -2.32. The first-order chi connectivity index (χ1) is 17.0. The number of rotatable bonds is 10. The zero-order valence-electron chi connectivity index (χ0n) is 22.3. The molecular formula is C32H45FN2. The lowest BCUT2D eigenvalue weighted by molar-refractivity contribution is 0.248. The first-order valence-electron chi connectivity index (χ1n) is 14.0. The van der Waals surface area contributed by atoms with E-state index < -0.39 is 0 Å². The molecule has 1 unspecified atom stereocenters. The Morgan fingerprint density at radius 2 is 1.89 bits per heavy atom. The average Bonchev–Trinajstić information content (AvgIpc) is 3.19. The third-order valence-electron chi connectivity index (χ3n) is 8.37. The zero-order chi connectivity index (χ0) is 24.8. The van der Waals surface area contributed by atoms with Crippen LogP contribution in [-0.4, -0.2) is 29.4 Å². The Bertz CT molecular complexity index is 997. The van der Waals surface area contributed by atoms with Crippen molar-refractivity contribution < 1.29 is 4.39 Å². The number of aryl methyl sites for hydroxylation is 2. The Kier molecular flexibility index (Phi) is 9.05. The zero-order valence-corrected chi connectivity index (χ0v) is 22.3. The normalized spacial score (nSPS) is 19.3. The third-order valence-corrected chi connectivity index (χ3v) is 8.37. The van der Waals surface area contributed by atoms with Gasteiger partial charge in [0.25, 0.3) is 0 Å². The number of likely N-dealkylation sites (tertiary alicyclic amines) is 1. The lowest BCUT2D eigenvalue weighted by Gasteiger charge is -2.33. The van der Waals surface area contributed by atoms with Crippen LogP contribution in [0.2, 0.25) is 0 Å². The highest BCUT2D eigenvalue weighted by molar-refractivity contribution is 5.35. The van der Waals surface area contributed by atoms with Crippen LogP contribution >= 0.6 is 0 Å². The van der Waals surface area contributed by atoms with Gasteiger partial charge in [-0.1, -0.05) is 70.5 Å². The summed E-state index contributed by atoms with van der Waals surface area (Å²) in [6.45, 7) is 16.4. The smallest absolute Gasteiger partial charge is 0.127 e. The topological polar surface area (TPSA) is 6.48 Å². The molecule has 35 heavy (non-hydrogen) atoms. The third kappa shape index (κ3) is 6.55. The molecule has 0 radical (unpaired) electrons. The molecule has 190 valence electrons. The summed E-state index contributed by atoms with van der Waals surface area (Å²) in [5, 5.41) is 0. The van der Waals surface area contributed by atoms with Gasteiger partial charge in [-0.25, -0.2) is 4.39 Å². The SMILES string of the molecule is C=C([C@@H]1CCN(Cc2ccccc2CC)C1)N(Cc1cc(F)c2c(c1)CCCCC2)CC(C)CC. The predicted octanol–water partition coefficient (Wildman–Crippen LogP) is 7.54. The van der Waals surface area contributed by atoms with Gasteiger partial charge in [-0.2, -0.15) is 0 Å². The lowest BCUT2D eigenvalue weighted by atomic mass is 9.97. The van der Waals surface area contributed by atoms with Crippen molar-refractivity contribution in [2.24, 2.45) is 11.8 Å². The predicted molar refractivity (Wildman–Crippen MR) is 146 cm³/mol. The van der Waals surface area contributed by atoms with Crippen molar-refractivity contribution in [2.75, 3.05) is 19.6 Å². The molecule has 1 fully saturated rings. The van der Waals surface area contributed by atoms with Crippen molar-refractivity contribution in [3.63, 3.8) is 0 Å². The molecule has 4 rings (SSSR count). The number of nitrogens with zero attached hydrogens (tertiary/aromatic N) is 2. The molecule has 0 spiro atoms. The van der Waals surface area contributed by atoms with Crippen LogP contribution in [-0.2, 0) is 32.4 Å². The van der Waals surface area contributed by atoms with Crippen molar-refractivity contribution in [3.05, 3.63) is 82.3 Å². The fourth-order valence-corrected chi connectivity index (χ4v) is 5.96. The van der Waals surface area contributed by atoms with Gasteiger partial charge in [0.15, 0.2) is 0 Å². The molecule has 2 nitrogen and oxygen atoms in total. The van der Waals surface area contributed by atoms with E-state index in [0.717, 1.165) is 82.4 Å². The summed E-state index contributed by atoms with van der Waals surface area (Å²) in [7, 11) is 0. The molecule has 1 aliphatic heterocycles. The van der Waals surface area contributed by atoms with E-state index in [2.05, 4.69) is 67.5 Å². The van der Waals surface area contributed by atoms with Crippen LogP contribution in [0.5, 0.6) is 0 Å². The Hall–Kier alpha value is -2.13. The minimum atomic E-state index is 0.00938. The quantitative estimate of drug-likeness (QED) is 0.327. The first-order valence-corrected chi connectivity index (χ1v) is 14.0. The standard InChI is InChI=1S/C32H45FN2/c1-5-24(3)20-35(21-26-18-28-13-8-7-9-15-31(28)32(33)19-26)25(4)29-16-17-34(22-29)23-30-14-11-10-12-27(30)6-2/h10-12,14,18-19,24,29H,4-9,13,15-17,20-23H2,1-3H3/t24?,29-/m1/s1. The Balaban J connectivity index is 1.46. The van der Waals surface area contributed by atoms with Gasteiger partial charge in [0, 0.05) is 37.8 Å². The molecule has 0 aromatic heterocycles. The molecule has 1 heterocycles. The highest BCUT2D eigenvalue weighted by Crippen LogP contribution is 2.31. The van der Waals surface area contributed by atoms with Gasteiger partial charge in [0.2, 0.25) is 0 Å². The van der Waals surface area contributed by atoms with E-state index in [4.69, 9.17) is 0 Å². The fourth-order valence-electron chi connectivity index (χ4n) is 5.96. The summed E-state index contributed by atoms with van der Waals surface area (Å²) < 4.78 is 15.1. The van der Waals surface area contributed by atoms with Gasteiger partial charge >= 0.3 is 0 Å². The monoisotopic (exact) mass is 476 g/mol. The minimum Gasteiger partial charge on any atom is -0.370 e. The summed E-state index contributed by atoms with van der Waals surface area (Å²) >= 11 is 0. The molecule has 2 aromatic carbocycles. The number of fused-ring (bicyclic) bond motifs is 1. The maximum Gasteiger partial charge on any atom is 0.127 e. The Morgan fingerprint density at radius 1 is 1.11 bits per heavy atom. The van der Waals surface area contributed by atoms with Crippen LogP contribution in [0.1, 0.15) is 80.7 Å². The van der Waals surface area contributed by atoms with Crippen LogP contribution in [0.3, 0.4) is 0 Å². The van der Waals surface area contributed by atoms with Gasteiger partial charge in [0.1, 0.15) is 5.82 Å². The molecule has 0 bridgehead atoms. The fraction of sp³-hybridized carbons (Fsp3) is 0.562. The Labute approximate surface area is 213 Å². The van der Waals surface area contributed by atoms with E-state index in [1.165, 1.54) is 35.2 Å². The van der Waals surface area contributed by atoms with E-state index in [9.17, 15) is 0 Å². The van der Waals surface area contributed by atoms with Gasteiger partial charge in [-0.3, -0.25) is 4.90 Å². The summed E-state index contributed by atoms with van der Waals surface area (Å²) in [5.74, 6) is 1.07. The van der Waals surface area contributed by atoms with Crippen LogP contribution in [0.4, 0.5) is 4.39 Å². The number of hydrogen-bond donors (Lipinski definition) is 0. The van der Waals surface area contributed by atoms with Gasteiger partial charge in [0.05, 0.1) is 0 Å². The van der Waals surface area contributed by atoms with E-state index in [-0.39, 0.29) is 5.82 Å².